The summed E-state index contributed by atoms with van der Waals surface area (Å²) in [5.74, 6) is 5.54. The fourth-order valence-electron chi connectivity index (χ4n) is 29.4. The van der Waals surface area contributed by atoms with Gasteiger partial charge >= 0.3 is 0 Å². The minimum Gasteiger partial charge on any atom is -0.381 e. The molecule has 15 aliphatic rings. The molecule has 9 unspecified atom stereocenters. The highest BCUT2D eigenvalue weighted by molar-refractivity contribution is 5.18. The lowest BCUT2D eigenvalue weighted by molar-refractivity contribution is -0.188. The summed E-state index contributed by atoms with van der Waals surface area (Å²) in [6, 6.07) is 0. The maximum atomic E-state index is 6.40. The van der Waals surface area contributed by atoms with E-state index < -0.39 is 0 Å². The summed E-state index contributed by atoms with van der Waals surface area (Å²) >= 11 is 0. The molecule has 15 rings (SSSR count). The van der Waals surface area contributed by atoms with Gasteiger partial charge in [-0.15, -0.1) is 0 Å². The molecule has 15 saturated carbocycles. The fraction of sp³-hybridized carbons (Fsp3) is 1.00. The largest absolute Gasteiger partial charge is 0.381 e. The van der Waals surface area contributed by atoms with Crippen LogP contribution in [-0.4, -0.2) is 76.8 Å². The highest BCUT2D eigenvalue weighted by Gasteiger charge is 2.68. The summed E-state index contributed by atoms with van der Waals surface area (Å²) in [5.41, 5.74) is 6.11. The van der Waals surface area contributed by atoms with Gasteiger partial charge in [0.1, 0.15) is 0 Å². The van der Waals surface area contributed by atoms with Gasteiger partial charge < -0.3 is 28.4 Å². The van der Waals surface area contributed by atoms with Crippen molar-refractivity contribution in [2.75, 3.05) is 46.2 Å². The maximum Gasteiger partial charge on any atom is 0.0687 e. The first-order valence-corrected chi connectivity index (χ1v) is 44.9. The molecular formula is C93H168O6. The van der Waals surface area contributed by atoms with Crippen molar-refractivity contribution in [1.82, 2.24) is 0 Å². The van der Waals surface area contributed by atoms with Crippen LogP contribution in [0, 0.1) is 100 Å². The topological polar surface area (TPSA) is 55.4 Å². The molecule has 6 spiro atoms. The molecule has 0 aromatic carbocycles. The second kappa shape index (κ2) is 34.1. The van der Waals surface area contributed by atoms with Gasteiger partial charge in [0.05, 0.1) is 37.1 Å². The van der Waals surface area contributed by atoms with Crippen molar-refractivity contribution in [3.63, 3.8) is 0 Å². The summed E-state index contributed by atoms with van der Waals surface area (Å²) < 4.78 is 36.8. The third-order valence-corrected chi connectivity index (χ3v) is 34.2. The minimum atomic E-state index is 0.325. The second-order valence-electron chi connectivity index (χ2n) is 41.4. The molecule has 0 aromatic heterocycles. The molecule has 9 atom stereocenters. The second-order valence-corrected chi connectivity index (χ2v) is 41.4. The Bertz CT molecular complexity index is 2320. The van der Waals surface area contributed by atoms with E-state index in [4.69, 9.17) is 28.4 Å². The fourth-order valence-corrected chi connectivity index (χ4v) is 29.4. The average molecular weight is 1380 g/mol. The van der Waals surface area contributed by atoms with Gasteiger partial charge in [0, 0.05) is 39.6 Å². The van der Waals surface area contributed by atoms with E-state index in [-0.39, 0.29) is 0 Å². The molecular weight excluding hydrogens is 1210 g/mol. The molecule has 0 aromatic rings. The Morgan fingerprint density at radius 3 is 1.11 bits per heavy atom. The average Bonchev–Trinajstić information content (AvgIpc) is 1.70. The smallest absolute Gasteiger partial charge is 0.0687 e. The van der Waals surface area contributed by atoms with E-state index in [0.29, 0.717) is 90.1 Å². The zero-order valence-corrected chi connectivity index (χ0v) is 69.3. The lowest BCUT2D eigenvalue weighted by atomic mass is 9.47. The van der Waals surface area contributed by atoms with E-state index in [2.05, 4.69) is 118 Å². The summed E-state index contributed by atoms with van der Waals surface area (Å²) in [6.45, 7) is 46.0. The van der Waals surface area contributed by atoms with Crippen LogP contribution in [0.5, 0.6) is 0 Å². The SMILES string of the molecule is CCOC1C(C)(C)C2CCCC2C1(C)C.CCOC1C(C)(C)CCC2(CCCCC2)C1(C)C.CCOC1C2(CCCCC2)CCC12CCCCC2.CCOC1C2CC(CC23CCCCC3)C1(C)C.CCOC1C2CC(CC23CCCCC3)C12CCCC2.CCOCC1(C)CCCCCC1. The Morgan fingerprint density at radius 2 is 0.657 bits per heavy atom. The number of rotatable bonds is 13. The lowest BCUT2D eigenvalue weighted by Crippen LogP contribution is -2.57. The van der Waals surface area contributed by atoms with Crippen LogP contribution in [0.3, 0.4) is 0 Å². The summed E-state index contributed by atoms with van der Waals surface area (Å²) in [5, 5.41) is 0. The van der Waals surface area contributed by atoms with E-state index in [9.17, 15) is 0 Å². The highest BCUT2D eigenvalue weighted by Crippen LogP contribution is 2.73. The van der Waals surface area contributed by atoms with Gasteiger partial charge in [0.25, 0.3) is 0 Å². The van der Waals surface area contributed by atoms with E-state index >= 15 is 0 Å². The van der Waals surface area contributed by atoms with E-state index in [1.165, 1.54) is 289 Å². The van der Waals surface area contributed by atoms with Crippen molar-refractivity contribution >= 4 is 0 Å². The number of ether oxygens (including phenoxy) is 6. The molecule has 0 radical (unpaired) electrons. The van der Waals surface area contributed by atoms with Crippen LogP contribution in [0.15, 0.2) is 0 Å². The Labute approximate surface area is 615 Å². The van der Waals surface area contributed by atoms with Crippen molar-refractivity contribution in [2.45, 2.75) is 444 Å². The monoisotopic (exact) mass is 1380 g/mol. The van der Waals surface area contributed by atoms with Crippen LogP contribution >= 0.6 is 0 Å². The Balaban J connectivity index is 0.000000129. The quantitative estimate of drug-likeness (QED) is 0.171. The molecule has 0 amide bonds. The molecule has 15 aliphatic carbocycles. The Morgan fingerprint density at radius 1 is 0.283 bits per heavy atom. The first-order valence-electron chi connectivity index (χ1n) is 44.9. The number of hydrogen-bond donors (Lipinski definition) is 0. The van der Waals surface area contributed by atoms with Gasteiger partial charge in [-0.2, -0.15) is 0 Å². The zero-order valence-electron chi connectivity index (χ0n) is 69.3. The molecule has 15 fully saturated rings. The molecule has 0 heterocycles. The normalized spacial score (nSPS) is 36.3. The Hall–Kier alpha value is -0.240. The zero-order chi connectivity index (χ0) is 71.1. The van der Waals surface area contributed by atoms with Gasteiger partial charge in [-0.25, -0.2) is 0 Å². The van der Waals surface area contributed by atoms with Gasteiger partial charge in [-0.05, 0) is 296 Å². The molecule has 576 valence electrons. The first-order chi connectivity index (χ1) is 47.3. The maximum absolute atomic E-state index is 6.40. The number of fused-ring (bicyclic) bond motifs is 8. The van der Waals surface area contributed by atoms with Crippen molar-refractivity contribution in [3.8, 4) is 0 Å². The molecule has 0 aliphatic heterocycles. The molecule has 6 nitrogen and oxygen atoms in total. The lowest BCUT2D eigenvalue weighted by Gasteiger charge is -2.61. The summed E-state index contributed by atoms with van der Waals surface area (Å²) in [4.78, 5) is 0. The molecule has 4 bridgehead atoms. The van der Waals surface area contributed by atoms with Crippen LogP contribution in [0.25, 0.3) is 0 Å². The molecule has 0 N–H and O–H groups in total. The van der Waals surface area contributed by atoms with Gasteiger partial charge in [0.2, 0.25) is 0 Å². The first kappa shape index (κ1) is 81.3. The van der Waals surface area contributed by atoms with E-state index in [0.717, 1.165) is 87.2 Å². The van der Waals surface area contributed by atoms with Crippen LogP contribution in [-0.2, 0) is 28.4 Å². The van der Waals surface area contributed by atoms with Crippen LogP contribution in [0.1, 0.15) is 413 Å². The number of hydrogen-bond acceptors (Lipinski definition) is 6. The molecule has 99 heavy (non-hydrogen) atoms. The third kappa shape index (κ3) is 16.5. The van der Waals surface area contributed by atoms with Crippen molar-refractivity contribution in [2.24, 2.45) is 100 Å². The van der Waals surface area contributed by atoms with Crippen LogP contribution in [0.2, 0.25) is 0 Å². The van der Waals surface area contributed by atoms with Crippen molar-refractivity contribution in [3.05, 3.63) is 0 Å². The van der Waals surface area contributed by atoms with E-state index in [1.807, 2.05) is 0 Å². The van der Waals surface area contributed by atoms with Gasteiger partial charge in [-0.1, -0.05) is 217 Å². The standard InChI is InChI=1S/C18H30O.C17H30O.C17H32O.C16H28O.C14H26O.C11H22O/c1-2-19-16-15-12-14(18(16)10-6-7-11-18)13-17(15)8-4-3-5-9-17;1-2-18-15-16(9-5-3-6-10-16)13-14-17(15)11-7-4-8-12-17;1-6-18-14-15(2,3)12-13-17(16(14,4)5)10-8-7-9-11-17;1-4-17-14-13-10-12(15(14,2)3)11-16(13)8-6-5-7-9-16;1-6-15-12-13(2,3)10-8-7-9-11(10)14(12,4)5;1-3-12-10-11(2)8-6-4-5-7-9-11/h14-16H,2-13H2,1H3;15H,2-14H2,1H3;14H,6-13H2,1-5H3;12-14H,4-11H2,1-3H3;10-12H,6-9H2,1-5H3;3-10H2,1-2H3. The third-order valence-electron chi connectivity index (χ3n) is 34.2. The van der Waals surface area contributed by atoms with Crippen molar-refractivity contribution in [1.29, 1.82) is 0 Å². The predicted octanol–water partition coefficient (Wildman–Crippen LogP) is 26.9. The summed E-state index contributed by atoms with van der Waals surface area (Å²) in [7, 11) is 0. The van der Waals surface area contributed by atoms with Crippen molar-refractivity contribution < 1.29 is 28.4 Å². The summed E-state index contributed by atoms with van der Waals surface area (Å²) in [6.07, 6.45) is 69.7. The molecule has 6 heteroatoms. The molecule has 0 saturated heterocycles. The van der Waals surface area contributed by atoms with Gasteiger partial charge in [0.15, 0.2) is 0 Å². The Kier molecular flexibility index (Phi) is 28.0. The predicted molar refractivity (Wildman–Crippen MR) is 418 cm³/mol. The minimum absolute atomic E-state index is 0.325. The van der Waals surface area contributed by atoms with Gasteiger partial charge in [-0.3, -0.25) is 0 Å². The van der Waals surface area contributed by atoms with Crippen LogP contribution in [0.4, 0.5) is 0 Å². The van der Waals surface area contributed by atoms with E-state index in [1.54, 1.807) is 6.42 Å². The van der Waals surface area contributed by atoms with Crippen LogP contribution < -0.4 is 0 Å². The highest BCUT2D eigenvalue weighted by atomic mass is 16.5.